The molecule has 1 aromatic carbocycles. The number of benzene rings is 1. The van der Waals surface area contributed by atoms with Gasteiger partial charge in [-0.3, -0.25) is 15.0 Å². The molecule has 1 aliphatic heterocycles. The molecule has 2 aromatic heterocycles. The molecule has 3 aromatic rings. The Labute approximate surface area is 281 Å². The fourth-order valence-electron chi connectivity index (χ4n) is 4.50. The quantitative estimate of drug-likeness (QED) is 0.344. The van der Waals surface area contributed by atoms with Crippen molar-refractivity contribution in [3.05, 3.63) is 46.7 Å². The van der Waals surface area contributed by atoms with Gasteiger partial charge in [-0.2, -0.15) is 13.2 Å². The normalized spacial score (nSPS) is 15.1. The van der Waals surface area contributed by atoms with E-state index in [1.54, 1.807) is 0 Å². The molecule has 1 amide bonds. The average molecular weight is 618 g/mol. The van der Waals surface area contributed by atoms with Gasteiger partial charge in [0.1, 0.15) is 18.1 Å². The summed E-state index contributed by atoms with van der Waals surface area (Å²) in [7, 11) is 1.18. The molecule has 1 aliphatic rings. The average Bonchev–Trinajstić information content (AvgIpc) is 3.27. The molecule has 0 radical (unpaired) electrons. The first-order chi connectivity index (χ1) is 18.8. The van der Waals surface area contributed by atoms with E-state index in [1.807, 2.05) is 0 Å². The van der Waals surface area contributed by atoms with Crippen LogP contribution in [0.15, 0.2) is 30.6 Å². The summed E-state index contributed by atoms with van der Waals surface area (Å²) in [6.45, 7) is 5.72. The van der Waals surface area contributed by atoms with Crippen LogP contribution in [0, 0.1) is 5.41 Å². The van der Waals surface area contributed by atoms with Crippen LogP contribution in [0.3, 0.4) is 0 Å². The van der Waals surface area contributed by atoms with Gasteiger partial charge in [-0.15, -0.1) is 0 Å². The standard InChI is InChI=1S/C26H28F3N5O5S.K/c1-25(2)7-4-8-34(14-25)12-19-22(15-5-6-18(38-3)16(9-15)26(27,28)29)32-24(40-19)33-23(37)17-10-31-20(11-30-17)39-13-21(35)36;/h5-6,9-11H,4,7-8,12-14H2,1-3H3,(H,35,36)(H,32,33,37);/q;+1/p-1. The number of carboxylic acid groups (broad SMARTS) is 1. The second-order valence-electron chi connectivity index (χ2n) is 10.0. The summed E-state index contributed by atoms with van der Waals surface area (Å²) in [5, 5.41) is 13.3. The summed E-state index contributed by atoms with van der Waals surface area (Å²) in [6, 6.07) is 3.76. The molecule has 0 bridgehead atoms. The number of aliphatic carboxylic acids is 1. The number of carboxylic acids is 1. The molecule has 41 heavy (non-hydrogen) atoms. The number of ether oxygens (including phenoxy) is 2. The zero-order valence-corrected chi connectivity index (χ0v) is 26.9. The Kier molecular flexibility index (Phi) is 11.3. The summed E-state index contributed by atoms with van der Waals surface area (Å²) >= 11 is 1.17. The molecule has 0 unspecified atom stereocenters. The van der Waals surface area contributed by atoms with Crippen LogP contribution in [0.5, 0.6) is 11.6 Å². The van der Waals surface area contributed by atoms with Crippen molar-refractivity contribution in [1.82, 2.24) is 19.9 Å². The van der Waals surface area contributed by atoms with Crippen LogP contribution in [0.4, 0.5) is 18.3 Å². The number of hydrogen-bond acceptors (Lipinski definition) is 10. The van der Waals surface area contributed by atoms with Gasteiger partial charge in [-0.25, -0.2) is 15.0 Å². The number of rotatable bonds is 9. The van der Waals surface area contributed by atoms with Crippen LogP contribution in [0.1, 0.15) is 47.6 Å². The Balaban J connectivity index is 0.00000462. The van der Waals surface area contributed by atoms with Crippen LogP contribution >= 0.6 is 11.3 Å². The van der Waals surface area contributed by atoms with E-state index >= 15 is 0 Å². The second kappa shape index (κ2) is 13.9. The predicted molar refractivity (Wildman–Crippen MR) is 138 cm³/mol. The minimum Gasteiger partial charge on any atom is -0.546 e. The van der Waals surface area contributed by atoms with E-state index in [1.165, 1.54) is 30.6 Å². The van der Waals surface area contributed by atoms with E-state index in [0.29, 0.717) is 17.1 Å². The molecule has 0 aliphatic carbocycles. The summed E-state index contributed by atoms with van der Waals surface area (Å²) in [5.74, 6) is -2.50. The van der Waals surface area contributed by atoms with Gasteiger partial charge in [0.15, 0.2) is 5.13 Å². The number of piperidine rings is 1. The Hall–Kier alpha value is -2.14. The SMILES string of the molecule is COc1ccc(-c2nc(NC(=O)c3cnc(OCC(=O)[O-])cn3)sc2CN2CCCC(C)(C)C2)cc1C(F)(F)F.[K+]. The first kappa shape index (κ1) is 33.4. The maximum atomic E-state index is 13.8. The Morgan fingerprint density at radius 2 is 1.98 bits per heavy atom. The molecule has 1 saturated heterocycles. The minimum atomic E-state index is -4.64. The maximum Gasteiger partial charge on any atom is 1.00 e. The summed E-state index contributed by atoms with van der Waals surface area (Å²) in [6.07, 6.45) is -0.380. The topological polar surface area (TPSA) is 130 Å². The molecule has 15 heteroatoms. The molecule has 3 heterocycles. The number of halogens is 3. The van der Waals surface area contributed by atoms with Crippen molar-refractivity contribution in [2.75, 3.05) is 32.1 Å². The fourth-order valence-corrected chi connectivity index (χ4v) is 5.52. The summed E-state index contributed by atoms with van der Waals surface area (Å²) in [5.41, 5.74) is -0.355. The van der Waals surface area contributed by atoms with E-state index in [9.17, 15) is 27.9 Å². The van der Waals surface area contributed by atoms with Crippen molar-refractivity contribution >= 4 is 28.3 Å². The van der Waals surface area contributed by atoms with Crippen molar-refractivity contribution in [3.8, 4) is 22.9 Å². The smallest absolute Gasteiger partial charge is 0.546 e. The van der Waals surface area contributed by atoms with Gasteiger partial charge in [0, 0.05) is 23.5 Å². The van der Waals surface area contributed by atoms with Crippen LogP contribution in [0.25, 0.3) is 11.3 Å². The molecule has 214 valence electrons. The van der Waals surface area contributed by atoms with Gasteiger partial charge in [-0.05, 0) is 43.0 Å². The molecular formula is C26H27F3KN5O5S. The van der Waals surface area contributed by atoms with E-state index < -0.39 is 30.2 Å². The van der Waals surface area contributed by atoms with Gasteiger partial charge >= 0.3 is 57.6 Å². The zero-order valence-electron chi connectivity index (χ0n) is 23.0. The molecule has 0 spiro atoms. The number of amides is 1. The number of carbonyl (C=O) groups excluding carboxylic acids is 2. The number of carbonyl (C=O) groups is 2. The van der Waals surface area contributed by atoms with Gasteiger partial charge in [0.25, 0.3) is 5.91 Å². The van der Waals surface area contributed by atoms with Crippen molar-refractivity contribution in [2.45, 2.75) is 39.4 Å². The van der Waals surface area contributed by atoms with E-state index in [2.05, 4.69) is 39.0 Å². The van der Waals surface area contributed by atoms with Crippen molar-refractivity contribution < 1.29 is 88.7 Å². The molecule has 10 nitrogen and oxygen atoms in total. The number of likely N-dealkylation sites (tertiary alicyclic amines) is 1. The predicted octanol–water partition coefficient (Wildman–Crippen LogP) is 0.635. The van der Waals surface area contributed by atoms with Crippen molar-refractivity contribution in [3.63, 3.8) is 0 Å². The molecule has 4 rings (SSSR count). The van der Waals surface area contributed by atoms with Crippen LogP contribution in [-0.4, -0.2) is 58.5 Å². The number of nitrogens with one attached hydrogen (secondary N) is 1. The number of hydrogen-bond donors (Lipinski definition) is 1. The van der Waals surface area contributed by atoms with Gasteiger partial charge in [0.2, 0.25) is 5.88 Å². The third-order valence-corrected chi connectivity index (χ3v) is 7.20. The van der Waals surface area contributed by atoms with E-state index in [4.69, 9.17) is 9.47 Å². The van der Waals surface area contributed by atoms with Gasteiger partial charge < -0.3 is 19.4 Å². The number of thiazole rings is 1. The largest absolute Gasteiger partial charge is 1.00 e. The first-order valence-electron chi connectivity index (χ1n) is 12.3. The van der Waals surface area contributed by atoms with Crippen molar-refractivity contribution in [2.24, 2.45) is 5.41 Å². The third kappa shape index (κ3) is 8.92. The van der Waals surface area contributed by atoms with Gasteiger partial charge in [0.05, 0.1) is 36.7 Å². The van der Waals surface area contributed by atoms with E-state index in [-0.39, 0.29) is 84.8 Å². The minimum absolute atomic E-state index is 0. The Morgan fingerprint density at radius 1 is 1.22 bits per heavy atom. The Morgan fingerprint density at radius 3 is 2.59 bits per heavy atom. The third-order valence-electron chi connectivity index (χ3n) is 6.24. The fraction of sp³-hybridized carbons (Fsp3) is 0.423. The molecule has 1 N–H and O–H groups in total. The number of nitrogens with zero attached hydrogens (tertiary/aromatic N) is 4. The molecule has 1 fully saturated rings. The maximum absolute atomic E-state index is 13.8. The Bertz CT molecular complexity index is 1380. The molecule has 0 atom stereocenters. The van der Waals surface area contributed by atoms with Crippen LogP contribution in [0.2, 0.25) is 0 Å². The monoisotopic (exact) mass is 617 g/mol. The first-order valence-corrected chi connectivity index (χ1v) is 13.1. The molecular weight excluding hydrogens is 590 g/mol. The zero-order chi connectivity index (χ0) is 29.1. The molecule has 0 saturated carbocycles. The number of aromatic nitrogens is 3. The number of methoxy groups -OCH3 is 1. The summed E-state index contributed by atoms with van der Waals surface area (Å²) in [4.78, 5) is 38.5. The number of anilines is 1. The van der Waals surface area contributed by atoms with Crippen LogP contribution < -0.4 is 71.3 Å². The second-order valence-corrected chi connectivity index (χ2v) is 11.1. The number of alkyl halides is 3. The van der Waals surface area contributed by atoms with Crippen LogP contribution in [-0.2, 0) is 17.5 Å². The summed E-state index contributed by atoms with van der Waals surface area (Å²) < 4.78 is 51.0. The van der Waals surface area contributed by atoms with E-state index in [0.717, 1.165) is 44.4 Å². The van der Waals surface area contributed by atoms with Gasteiger partial charge in [-0.1, -0.05) is 25.2 Å². The van der Waals surface area contributed by atoms with Crippen molar-refractivity contribution in [1.29, 1.82) is 0 Å².